The maximum atomic E-state index is 12.8. The van der Waals surface area contributed by atoms with Crippen molar-refractivity contribution in [3.63, 3.8) is 0 Å². The first kappa shape index (κ1) is 19.7. The van der Waals surface area contributed by atoms with E-state index in [0.717, 1.165) is 67.4 Å². The largest absolute Gasteiger partial charge is 0.331 e. The molecule has 0 saturated carbocycles. The molecule has 0 bridgehead atoms. The molecule has 7 heteroatoms. The summed E-state index contributed by atoms with van der Waals surface area (Å²) in [6.45, 7) is 7.79. The van der Waals surface area contributed by atoms with Gasteiger partial charge in [0.15, 0.2) is 0 Å². The first-order valence-corrected chi connectivity index (χ1v) is 11.8. The van der Waals surface area contributed by atoms with Crippen molar-refractivity contribution < 1.29 is 4.79 Å². The van der Waals surface area contributed by atoms with Gasteiger partial charge in [-0.3, -0.25) is 9.69 Å². The first-order valence-electron chi connectivity index (χ1n) is 10.9. The third-order valence-electron chi connectivity index (χ3n) is 6.91. The summed E-state index contributed by atoms with van der Waals surface area (Å²) < 4.78 is 2.17. The number of hydrogen-bond donors (Lipinski definition) is 0. The zero-order valence-corrected chi connectivity index (χ0v) is 18.6. The summed E-state index contributed by atoms with van der Waals surface area (Å²) in [5.41, 5.74) is 4.43. The molecule has 0 unspecified atom stereocenters. The third kappa shape index (κ3) is 3.54. The summed E-state index contributed by atoms with van der Waals surface area (Å²) in [6.07, 6.45) is 6.98. The number of aryl methyl sites for hydroxylation is 2. The third-order valence-corrected chi connectivity index (χ3v) is 7.74. The molecule has 1 amide bonds. The second kappa shape index (κ2) is 7.78. The van der Waals surface area contributed by atoms with E-state index in [0.29, 0.717) is 18.9 Å². The van der Waals surface area contributed by atoms with Crippen LogP contribution >= 0.6 is 11.3 Å². The Morgan fingerprint density at radius 3 is 2.80 bits per heavy atom. The van der Waals surface area contributed by atoms with Crippen molar-refractivity contribution in [2.45, 2.75) is 64.6 Å². The number of rotatable bonds is 4. The molecule has 1 atom stereocenters. The molecule has 6 nitrogen and oxygen atoms in total. The summed E-state index contributed by atoms with van der Waals surface area (Å²) in [5, 5.41) is 3.17. The predicted octanol–water partition coefficient (Wildman–Crippen LogP) is 3.95. The van der Waals surface area contributed by atoms with E-state index in [1.807, 2.05) is 13.0 Å². The van der Waals surface area contributed by atoms with Gasteiger partial charge in [-0.1, -0.05) is 6.07 Å². The van der Waals surface area contributed by atoms with E-state index in [-0.39, 0.29) is 5.54 Å². The molecule has 3 aromatic rings. The van der Waals surface area contributed by atoms with Gasteiger partial charge in [-0.2, -0.15) is 0 Å². The van der Waals surface area contributed by atoms with Crippen LogP contribution in [-0.2, 0) is 17.9 Å². The lowest BCUT2D eigenvalue weighted by Gasteiger charge is -2.38. The quantitative estimate of drug-likeness (QED) is 0.638. The van der Waals surface area contributed by atoms with E-state index in [2.05, 4.69) is 49.8 Å². The van der Waals surface area contributed by atoms with Gasteiger partial charge in [0.2, 0.25) is 5.91 Å². The summed E-state index contributed by atoms with van der Waals surface area (Å²) in [7, 11) is 0. The van der Waals surface area contributed by atoms with Crippen LogP contribution in [0.5, 0.6) is 0 Å². The molecule has 2 fully saturated rings. The monoisotopic (exact) mass is 423 g/mol. The summed E-state index contributed by atoms with van der Waals surface area (Å²) in [5.74, 6) is 0.297. The van der Waals surface area contributed by atoms with Gasteiger partial charge in [0.1, 0.15) is 5.65 Å². The number of fused-ring (bicyclic) bond motifs is 1. The molecule has 1 spiro atoms. The molecule has 0 aliphatic carbocycles. The number of hydrogen-bond acceptors (Lipinski definition) is 5. The fraction of sp³-hybridized carbons (Fsp3) is 0.522. The van der Waals surface area contributed by atoms with Gasteiger partial charge in [-0.15, -0.1) is 11.3 Å². The Labute approximate surface area is 181 Å². The highest BCUT2D eigenvalue weighted by Gasteiger charge is 2.45. The maximum absolute atomic E-state index is 12.8. The van der Waals surface area contributed by atoms with Crippen LogP contribution in [0.1, 0.15) is 54.2 Å². The van der Waals surface area contributed by atoms with Crippen molar-refractivity contribution in [1.82, 2.24) is 24.2 Å². The van der Waals surface area contributed by atoms with Crippen molar-refractivity contribution in [3.8, 4) is 0 Å². The lowest BCUT2D eigenvalue weighted by molar-refractivity contribution is -0.132. The van der Waals surface area contributed by atoms with Gasteiger partial charge in [0.05, 0.1) is 22.9 Å². The maximum Gasteiger partial charge on any atom is 0.223 e. The number of thiazole rings is 1. The minimum absolute atomic E-state index is 0.00267. The highest BCUT2D eigenvalue weighted by molar-refractivity contribution is 7.09. The molecule has 158 valence electrons. The van der Waals surface area contributed by atoms with Crippen LogP contribution in [0, 0.1) is 13.8 Å². The van der Waals surface area contributed by atoms with Gasteiger partial charge < -0.3 is 9.30 Å². The lowest BCUT2D eigenvalue weighted by Crippen LogP contribution is -2.46. The molecular weight excluding hydrogens is 394 g/mol. The Kier molecular flexibility index (Phi) is 5.11. The van der Waals surface area contributed by atoms with Gasteiger partial charge >= 0.3 is 0 Å². The Bertz CT molecular complexity index is 1070. The normalized spacial score (nSPS) is 23.0. The average Bonchev–Trinajstić information content (AvgIpc) is 3.33. The molecule has 5 heterocycles. The molecule has 5 rings (SSSR count). The number of likely N-dealkylation sites (tertiary alicyclic amines) is 2. The number of amides is 1. The van der Waals surface area contributed by atoms with Crippen LogP contribution in [0.15, 0.2) is 29.8 Å². The van der Waals surface area contributed by atoms with Crippen molar-refractivity contribution in [3.05, 3.63) is 51.9 Å². The SMILES string of the molecule is Cc1nc(CN2C(=O)CC[C@@]23CCCN(Cc2nc4ccccn4c2C)CC3)cs1. The van der Waals surface area contributed by atoms with E-state index in [1.165, 1.54) is 5.69 Å². The molecule has 2 saturated heterocycles. The van der Waals surface area contributed by atoms with Crippen LogP contribution in [0.4, 0.5) is 0 Å². The summed E-state index contributed by atoms with van der Waals surface area (Å²) >= 11 is 1.67. The van der Waals surface area contributed by atoms with Crippen molar-refractivity contribution in [2.75, 3.05) is 13.1 Å². The molecule has 0 aromatic carbocycles. The van der Waals surface area contributed by atoms with E-state index >= 15 is 0 Å². The van der Waals surface area contributed by atoms with Gasteiger partial charge in [0.25, 0.3) is 0 Å². The van der Waals surface area contributed by atoms with Gasteiger partial charge in [-0.05, 0) is 58.2 Å². The minimum atomic E-state index is -0.00267. The van der Waals surface area contributed by atoms with Crippen molar-refractivity contribution in [2.24, 2.45) is 0 Å². The summed E-state index contributed by atoms with van der Waals surface area (Å²) in [6, 6.07) is 6.16. The standard InChI is InChI=1S/C23H29N5OS/c1-17-20(25-21-6-3-4-12-27(17)21)15-26-11-5-8-23(10-13-26)9-7-22(29)28(23)14-19-16-30-18(2)24-19/h3-4,6,12,16H,5,7-11,13-15H2,1-2H3/t23-/m1/s1. The molecule has 2 aliphatic heterocycles. The van der Waals surface area contributed by atoms with Gasteiger partial charge in [0, 0.05) is 42.3 Å². The lowest BCUT2D eigenvalue weighted by atomic mass is 9.87. The smallest absolute Gasteiger partial charge is 0.223 e. The van der Waals surface area contributed by atoms with E-state index in [9.17, 15) is 4.79 Å². The Balaban J connectivity index is 1.31. The molecule has 30 heavy (non-hydrogen) atoms. The second-order valence-corrected chi connectivity index (χ2v) is 9.83. The molecule has 2 aliphatic rings. The molecule has 0 radical (unpaired) electrons. The minimum Gasteiger partial charge on any atom is -0.331 e. The zero-order chi connectivity index (χ0) is 20.7. The highest BCUT2D eigenvalue weighted by atomic mass is 32.1. The van der Waals surface area contributed by atoms with Crippen LogP contribution < -0.4 is 0 Å². The van der Waals surface area contributed by atoms with E-state index in [4.69, 9.17) is 4.98 Å². The molecular formula is C23H29N5OS. The van der Waals surface area contributed by atoms with Crippen LogP contribution in [0.2, 0.25) is 0 Å². The number of aromatic nitrogens is 3. The van der Waals surface area contributed by atoms with Gasteiger partial charge in [-0.25, -0.2) is 9.97 Å². The van der Waals surface area contributed by atoms with E-state index < -0.39 is 0 Å². The zero-order valence-electron chi connectivity index (χ0n) is 17.8. The topological polar surface area (TPSA) is 53.7 Å². The number of carbonyl (C=O) groups excluding carboxylic acids is 1. The van der Waals surface area contributed by atoms with Crippen LogP contribution in [-0.4, -0.2) is 48.7 Å². The van der Waals surface area contributed by atoms with Crippen LogP contribution in [0.25, 0.3) is 5.65 Å². The number of pyridine rings is 1. The van der Waals surface area contributed by atoms with Crippen molar-refractivity contribution in [1.29, 1.82) is 0 Å². The van der Waals surface area contributed by atoms with Crippen LogP contribution in [0.3, 0.4) is 0 Å². The second-order valence-electron chi connectivity index (χ2n) is 8.76. The van der Waals surface area contributed by atoms with Crippen molar-refractivity contribution >= 4 is 22.9 Å². The fourth-order valence-corrected chi connectivity index (χ4v) is 5.82. The average molecular weight is 424 g/mol. The molecule has 3 aromatic heterocycles. The summed E-state index contributed by atoms with van der Waals surface area (Å²) in [4.78, 5) is 26.9. The molecule has 0 N–H and O–H groups in total. The van der Waals surface area contributed by atoms with E-state index in [1.54, 1.807) is 11.3 Å². The Hall–Kier alpha value is -2.25. The fourth-order valence-electron chi connectivity index (χ4n) is 5.21. The number of imidazole rings is 1. The number of carbonyl (C=O) groups is 1. The number of nitrogens with zero attached hydrogens (tertiary/aromatic N) is 5. The first-order chi connectivity index (χ1) is 14.5. The Morgan fingerprint density at radius 2 is 2.00 bits per heavy atom. The predicted molar refractivity (Wildman–Crippen MR) is 118 cm³/mol. The highest BCUT2D eigenvalue weighted by Crippen LogP contribution is 2.40. The Morgan fingerprint density at radius 1 is 1.10 bits per heavy atom.